The van der Waals surface area contributed by atoms with Crippen LogP contribution in [0.5, 0.6) is 0 Å². The second-order valence-electron chi connectivity index (χ2n) is 5.58. The summed E-state index contributed by atoms with van der Waals surface area (Å²) in [5.74, 6) is 1.81. The Morgan fingerprint density at radius 2 is 1.62 bits per heavy atom. The van der Waals surface area contributed by atoms with Gasteiger partial charge in [0.2, 0.25) is 0 Å². The van der Waals surface area contributed by atoms with Gasteiger partial charge in [0.15, 0.2) is 0 Å². The molecule has 1 aliphatic carbocycles. The van der Waals surface area contributed by atoms with E-state index in [-0.39, 0.29) is 0 Å². The molecule has 1 saturated carbocycles. The van der Waals surface area contributed by atoms with Gasteiger partial charge < -0.3 is 10.1 Å². The molecule has 0 amide bonds. The van der Waals surface area contributed by atoms with Gasteiger partial charge in [0.25, 0.3) is 0 Å². The minimum atomic E-state index is 0.581. The lowest BCUT2D eigenvalue weighted by molar-refractivity contribution is -0.00587. The van der Waals surface area contributed by atoms with E-state index in [0.29, 0.717) is 6.10 Å². The number of piperidine rings is 1. The molecule has 1 N–H and O–H groups in total. The molecule has 2 rings (SSSR count). The second kappa shape index (κ2) is 6.61. The minimum absolute atomic E-state index is 0.581. The van der Waals surface area contributed by atoms with E-state index >= 15 is 0 Å². The van der Waals surface area contributed by atoms with Crippen molar-refractivity contribution in [1.82, 2.24) is 5.32 Å². The van der Waals surface area contributed by atoms with Crippen molar-refractivity contribution in [3.05, 3.63) is 0 Å². The molecule has 0 atom stereocenters. The largest absolute Gasteiger partial charge is 0.378 e. The van der Waals surface area contributed by atoms with Gasteiger partial charge in [0, 0.05) is 6.61 Å². The van der Waals surface area contributed by atoms with Gasteiger partial charge in [0.05, 0.1) is 6.10 Å². The van der Waals surface area contributed by atoms with E-state index in [2.05, 4.69) is 12.2 Å². The Bertz CT molecular complexity index is 181. The molecule has 0 aromatic heterocycles. The van der Waals surface area contributed by atoms with Crippen LogP contribution in [0.4, 0.5) is 0 Å². The van der Waals surface area contributed by atoms with Crippen LogP contribution in [-0.4, -0.2) is 25.8 Å². The normalized spacial score (nSPS) is 32.8. The van der Waals surface area contributed by atoms with Gasteiger partial charge in [-0.3, -0.25) is 0 Å². The topological polar surface area (TPSA) is 21.3 Å². The predicted octanol–water partition coefficient (Wildman–Crippen LogP) is 2.97. The summed E-state index contributed by atoms with van der Waals surface area (Å²) >= 11 is 0. The monoisotopic (exact) mass is 225 g/mol. The van der Waals surface area contributed by atoms with Crippen molar-refractivity contribution in [1.29, 1.82) is 0 Å². The molecule has 0 aromatic rings. The first-order valence-electron chi connectivity index (χ1n) is 7.20. The van der Waals surface area contributed by atoms with Gasteiger partial charge in [-0.1, -0.05) is 13.3 Å². The van der Waals surface area contributed by atoms with Crippen molar-refractivity contribution in [3.8, 4) is 0 Å². The minimum Gasteiger partial charge on any atom is -0.378 e. The lowest BCUT2D eigenvalue weighted by Crippen LogP contribution is -2.31. The van der Waals surface area contributed by atoms with Crippen LogP contribution >= 0.6 is 0 Å². The SMILES string of the molecule is CCC1CCC(OCC2CCNCC2)CC1. The summed E-state index contributed by atoms with van der Waals surface area (Å²) in [5.41, 5.74) is 0. The van der Waals surface area contributed by atoms with Gasteiger partial charge in [-0.05, 0) is 63.5 Å². The fourth-order valence-electron chi connectivity index (χ4n) is 3.03. The highest BCUT2D eigenvalue weighted by molar-refractivity contribution is 4.73. The van der Waals surface area contributed by atoms with Crippen molar-refractivity contribution in [2.45, 2.75) is 58.0 Å². The van der Waals surface area contributed by atoms with E-state index < -0.39 is 0 Å². The van der Waals surface area contributed by atoms with Gasteiger partial charge in [-0.25, -0.2) is 0 Å². The van der Waals surface area contributed by atoms with Crippen LogP contribution in [0.1, 0.15) is 51.9 Å². The average molecular weight is 225 g/mol. The zero-order chi connectivity index (χ0) is 11.2. The molecule has 2 nitrogen and oxygen atoms in total. The quantitative estimate of drug-likeness (QED) is 0.794. The Morgan fingerprint density at radius 3 is 2.25 bits per heavy atom. The lowest BCUT2D eigenvalue weighted by Gasteiger charge is -2.30. The molecule has 0 bridgehead atoms. The summed E-state index contributed by atoms with van der Waals surface area (Å²) in [6.07, 6.45) is 9.97. The zero-order valence-corrected chi connectivity index (χ0v) is 10.7. The first kappa shape index (κ1) is 12.4. The molecule has 0 spiro atoms. The Hall–Kier alpha value is -0.0800. The maximum absolute atomic E-state index is 6.09. The number of nitrogens with one attached hydrogen (secondary N) is 1. The Balaban J connectivity index is 1.59. The molecular weight excluding hydrogens is 198 g/mol. The Labute approximate surface area is 100 Å². The second-order valence-corrected chi connectivity index (χ2v) is 5.58. The van der Waals surface area contributed by atoms with E-state index in [4.69, 9.17) is 4.74 Å². The molecule has 2 aliphatic rings. The van der Waals surface area contributed by atoms with E-state index in [1.807, 2.05) is 0 Å². The molecule has 2 heteroatoms. The van der Waals surface area contributed by atoms with Gasteiger partial charge in [0.1, 0.15) is 0 Å². The van der Waals surface area contributed by atoms with E-state index in [9.17, 15) is 0 Å². The molecule has 16 heavy (non-hydrogen) atoms. The first-order valence-corrected chi connectivity index (χ1v) is 7.20. The molecule has 0 aromatic carbocycles. The summed E-state index contributed by atoms with van der Waals surface area (Å²) in [6.45, 7) is 5.72. The van der Waals surface area contributed by atoms with Crippen molar-refractivity contribution in [2.24, 2.45) is 11.8 Å². The number of hydrogen-bond donors (Lipinski definition) is 1. The van der Waals surface area contributed by atoms with Crippen LogP contribution in [0, 0.1) is 11.8 Å². The molecule has 0 radical (unpaired) electrons. The van der Waals surface area contributed by atoms with E-state index in [1.165, 1.54) is 58.0 Å². The highest BCUT2D eigenvalue weighted by Gasteiger charge is 2.22. The molecular formula is C14H27NO. The predicted molar refractivity (Wildman–Crippen MR) is 67.6 cm³/mol. The van der Waals surface area contributed by atoms with Crippen molar-refractivity contribution in [3.63, 3.8) is 0 Å². The van der Waals surface area contributed by atoms with Gasteiger partial charge >= 0.3 is 0 Å². The summed E-state index contributed by atoms with van der Waals surface area (Å²) in [4.78, 5) is 0. The van der Waals surface area contributed by atoms with Crippen LogP contribution in [0.15, 0.2) is 0 Å². The van der Waals surface area contributed by atoms with Crippen LogP contribution in [0.3, 0.4) is 0 Å². The van der Waals surface area contributed by atoms with E-state index in [0.717, 1.165) is 18.4 Å². The maximum Gasteiger partial charge on any atom is 0.0575 e. The van der Waals surface area contributed by atoms with Crippen LogP contribution in [-0.2, 0) is 4.74 Å². The Morgan fingerprint density at radius 1 is 0.938 bits per heavy atom. The summed E-state index contributed by atoms with van der Waals surface area (Å²) in [7, 11) is 0. The number of hydrogen-bond acceptors (Lipinski definition) is 2. The van der Waals surface area contributed by atoms with E-state index in [1.54, 1.807) is 0 Å². The third kappa shape index (κ3) is 3.74. The number of ether oxygens (including phenoxy) is 1. The van der Waals surface area contributed by atoms with Crippen LogP contribution in [0.2, 0.25) is 0 Å². The fourth-order valence-corrected chi connectivity index (χ4v) is 3.03. The summed E-state index contributed by atoms with van der Waals surface area (Å²) in [5, 5.41) is 3.41. The first-order chi connectivity index (χ1) is 7.88. The molecule has 1 saturated heterocycles. The molecule has 1 aliphatic heterocycles. The highest BCUT2D eigenvalue weighted by Crippen LogP contribution is 2.28. The third-order valence-corrected chi connectivity index (χ3v) is 4.40. The number of rotatable bonds is 4. The lowest BCUT2D eigenvalue weighted by atomic mass is 9.86. The average Bonchev–Trinajstić information content (AvgIpc) is 2.38. The Kier molecular flexibility index (Phi) is 5.11. The fraction of sp³-hybridized carbons (Fsp3) is 1.00. The van der Waals surface area contributed by atoms with Crippen LogP contribution < -0.4 is 5.32 Å². The maximum atomic E-state index is 6.09. The standard InChI is InChI=1S/C14H27NO/c1-2-12-3-5-14(6-4-12)16-11-13-7-9-15-10-8-13/h12-15H,2-11H2,1H3. The van der Waals surface area contributed by atoms with Gasteiger partial charge in [-0.15, -0.1) is 0 Å². The smallest absolute Gasteiger partial charge is 0.0575 e. The summed E-state index contributed by atoms with van der Waals surface area (Å²) in [6, 6.07) is 0. The molecule has 2 fully saturated rings. The van der Waals surface area contributed by atoms with Crippen molar-refractivity contribution in [2.75, 3.05) is 19.7 Å². The highest BCUT2D eigenvalue weighted by atomic mass is 16.5. The molecule has 94 valence electrons. The van der Waals surface area contributed by atoms with Crippen molar-refractivity contribution < 1.29 is 4.74 Å². The van der Waals surface area contributed by atoms with Crippen LogP contribution in [0.25, 0.3) is 0 Å². The zero-order valence-electron chi connectivity index (χ0n) is 10.7. The molecule has 1 heterocycles. The summed E-state index contributed by atoms with van der Waals surface area (Å²) < 4.78 is 6.09. The third-order valence-electron chi connectivity index (χ3n) is 4.40. The van der Waals surface area contributed by atoms with Gasteiger partial charge in [-0.2, -0.15) is 0 Å². The van der Waals surface area contributed by atoms with Crippen molar-refractivity contribution >= 4 is 0 Å². The molecule has 0 unspecified atom stereocenters.